The number of hydrogen-bond donors (Lipinski definition) is 3. The number of Topliss-reactive ketones (excluding diaryl/α,β-unsaturated/α-hetero) is 2. The van der Waals surface area contributed by atoms with Crippen molar-refractivity contribution in [3.05, 3.63) is 106 Å². The maximum atomic E-state index is 13.6. The van der Waals surface area contributed by atoms with Crippen LogP contribution < -0.4 is 10.6 Å². The lowest BCUT2D eigenvalue weighted by atomic mass is 9.71. The Morgan fingerprint density at radius 1 is 0.724 bits per heavy atom. The Balaban J connectivity index is 0.000000125. The monoisotopic (exact) mass is 847 g/mol. The number of piperidine rings is 1. The second-order valence-electron chi connectivity index (χ2n) is 16.2. The third kappa shape index (κ3) is 7.27. The van der Waals surface area contributed by atoms with E-state index < -0.39 is 0 Å². The largest absolute Gasteiger partial charge is 0.356 e. The summed E-state index contributed by atoms with van der Waals surface area (Å²) in [6.07, 6.45) is 14.6. The van der Waals surface area contributed by atoms with Gasteiger partial charge in [-0.3, -0.25) is 19.2 Å². The molecule has 1 saturated heterocycles. The van der Waals surface area contributed by atoms with Gasteiger partial charge in [0.25, 0.3) is 5.91 Å². The van der Waals surface area contributed by atoms with Crippen molar-refractivity contribution in [2.45, 2.75) is 99.4 Å². The molecule has 3 aromatic heterocycles. The summed E-state index contributed by atoms with van der Waals surface area (Å²) in [7, 11) is 0. The fraction of sp³-hybridized carbons (Fsp3) is 0.364. The van der Waals surface area contributed by atoms with Crippen LogP contribution in [0, 0.1) is 11.6 Å². The molecule has 3 N–H and O–H groups in total. The molecule has 0 radical (unpaired) electrons. The van der Waals surface area contributed by atoms with E-state index in [0.717, 1.165) is 104 Å². The molecule has 2 amide bonds. The number of amides is 2. The summed E-state index contributed by atoms with van der Waals surface area (Å²) in [5, 5.41) is 6.16. The van der Waals surface area contributed by atoms with Crippen LogP contribution in [0.3, 0.4) is 0 Å². The van der Waals surface area contributed by atoms with Gasteiger partial charge < -0.3 is 15.6 Å². The number of H-pyrrole nitrogens is 1. The van der Waals surface area contributed by atoms with Crippen molar-refractivity contribution in [2.24, 2.45) is 0 Å². The zero-order valence-corrected chi connectivity index (χ0v) is 33.2. The number of nitrogens with zero attached hydrogens (tertiary/aromatic N) is 4. The number of fused-ring (bicyclic) bond motifs is 6. The first-order valence-electron chi connectivity index (χ1n) is 19.8. The Kier molecular flexibility index (Phi) is 9.85. The van der Waals surface area contributed by atoms with Gasteiger partial charge in [-0.05, 0) is 105 Å². The van der Waals surface area contributed by atoms with Gasteiger partial charge in [-0.2, -0.15) is 0 Å². The summed E-state index contributed by atoms with van der Waals surface area (Å²) in [5.74, 6) is 0.268. The molecule has 58 heavy (non-hydrogen) atoms. The van der Waals surface area contributed by atoms with Crippen LogP contribution in [0.15, 0.2) is 60.9 Å². The highest BCUT2D eigenvalue weighted by molar-refractivity contribution is 9.10. The lowest BCUT2D eigenvalue weighted by Crippen LogP contribution is -2.58. The highest BCUT2D eigenvalue weighted by Gasteiger charge is 2.45. The van der Waals surface area contributed by atoms with Crippen molar-refractivity contribution in [1.29, 1.82) is 0 Å². The second-order valence-corrected chi connectivity index (χ2v) is 17.3. The fourth-order valence-corrected chi connectivity index (χ4v) is 9.36. The molecule has 14 heteroatoms. The quantitative estimate of drug-likeness (QED) is 0.125. The van der Waals surface area contributed by atoms with Gasteiger partial charge in [0.2, 0.25) is 5.91 Å². The van der Waals surface area contributed by atoms with Crippen LogP contribution in [0.1, 0.15) is 101 Å². The fourth-order valence-electron chi connectivity index (χ4n) is 8.92. The van der Waals surface area contributed by atoms with Gasteiger partial charge >= 0.3 is 0 Å². The van der Waals surface area contributed by atoms with Crippen molar-refractivity contribution in [2.75, 3.05) is 0 Å². The van der Waals surface area contributed by atoms with Gasteiger partial charge in [0.1, 0.15) is 23.1 Å². The van der Waals surface area contributed by atoms with E-state index in [4.69, 9.17) is 4.98 Å². The number of benzene rings is 2. The van der Waals surface area contributed by atoms with E-state index in [2.05, 4.69) is 46.5 Å². The van der Waals surface area contributed by atoms with Gasteiger partial charge in [-0.15, -0.1) is 0 Å². The number of ketones is 2. The van der Waals surface area contributed by atoms with Crippen molar-refractivity contribution in [1.82, 2.24) is 35.6 Å². The Labute approximate surface area is 341 Å². The van der Waals surface area contributed by atoms with Crippen molar-refractivity contribution < 1.29 is 28.0 Å². The maximum Gasteiger partial charge on any atom is 0.253 e. The number of halogens is 3. The summed E-state index contributed by atoms with van der Waals surface area (Å²) in [6.45, 7) is 0. The maximum absolute atomic E-state index is 13.6. The van der Waals surface area contributed by atoms with Crippen molar-refractivity contribution in [3.63, 3.8) is 0 Å². The SMILES string of the molecule is O=C1CC(=O)NC2(CCC2)C1.O=C1NC2(CCC2)Cc2[nH]c3c(c21)CCc1cnc(-c2cccc(F)c2)nc1-3.O=C1c2nc(-c3cccc(F)c3)ncc2CCC1Br. The zero-order valence-electron chi connectivity index (χ0n) is 31.6. The van der Waals surface area contributed by atoms with Gasteiger partial charge in [0, 0.05) is 53.1 Å². The molecule has 2 aromatic carbocycles. The smallest absolute Gasteiger partial charge is 0.253 e. The number of carbonyl (C=O) groups excluding carboxylic acids is 4. The average molecular weight is 849 g/mol. The molecule has 11 nitrogen and oxygen atoms in total. The standard InChI is InChI=1S/C22H19FN4O.C14H10BrFN2O.C8H11NO2/c23-14-4-1-3-12(9-14)20-24-11-13-5-6-15-17-16(25-19(15)18(13)26-20)10-22(7-2-8-22)27-21(17)28;15-11-5-4-9-7-17-14(18-12(9)13(11)19)8-2-1-3-10(16)6-8;10-6-4-7(11)9-8(5-6)2-1-3-8/h1,3-4,9,11,25H,2,5-8,10H2,(H,27,28);1-3,6-7,11H,4-5H2;1-5H2,(H,9,11). The molecule has 3 fully saturated rings. The van der Waals surface area contributed by atoms with E-state index in [1.807, 2.05) is 12.3 Å². The Bertz CT molecular complexity index is 2500. The highest BCUT2D eigenvalue weighted by Crippen LogP contribution is 2.43. The van der Waals surface area contributed by atoms with E-state index in [9.17, 15) is 28.0 Å². The molecule has 4 aliphatic carbocycles. The number of aryl methyl sites for hydroxylation is 2. The predicted octanol–water partition coefficient (Wildman–Crippen LogP) is 7.15. The minimum atomic E-state index is -0.344. The summed E-state index contributed by atoms with van der Waals surface area (Å²) in [4.78, 5) is 68.0. The number of rotatable bonds is 2. The Morgan fingerprint density at radius 3 is 1.91 bits per heavy atom. The first kappa shape index (κ1) is 38.0. The number of hydrogen-bond acceptors (Lipinski definition) is 8. The third-order valence-electron chi connectivity index (χ3n) is 12.2. The molecular formula is C44H40BrF2N7O4. The van der Waals surface area contributed by atoms with Gasteiger partial charge in [-0.1, -0.05) is 40.2 Å². The summed E-state index contributed by atoms with van der Waals surface area (Å²) < 4.78 is 26.8. The van der Waals surface area contributed by atoms with E-state index in [-0.39, 0.29) is 57.3 Å². The summed E-state index contributed by atoms with van der Waals surface area (Å²) in [6, 6.07) is 12.4. The first-order valence-corrected chi connectivity index (χ1v) is 20.7. The highest BCUT2D eigenvalue weighted by atomic mass is 79.9. The van der Waals surface area contributed by atoms with Crippen LogP contribution in [0.5, 0.6) is 0 Å². The van der Waals surface area contributed by atoms with E-state index in [1.165, 1.54) is 30.7 Å². The molecule has 1 atom stereocenters. The normalized spacial score (nSPS) is 20.3. The predicted molar refractivity (Wildman–Crippen MR) is 214 cm³/mol. The summed E-state index contributed by atoms with van der Waals surface area (Å²) >= 11 is 3.35. The van der Waals surface area contributed by atoms with Crippen LogP contribution >= 0.6 is 15.9 Å². The third-order valence-corrected chi connectivity index (χ3v) is 13.1. The second kappa shape index (κ2) is 15.0. The molecule has 0 bridgehead atoms. The van der Waals surface area contributed by atoms with Crippen molar-refractivity contribution >= 4 is 39.3 Å². The molecule has 5 heterocycles. The number of aromatic nitrogens is 5. The zero-order chi connectivity index (χ0) is 40.2. The number of aromatic amines is 1. The van der Waals surface area contributed by atoms with Gasteiger partial charge in [-0.25, -0.2) is 28.7 Å². The topological polar surface area (TPSA) is 160 Å². The minimum Gasteiger partial charge on any atom is -0.356 e. The van der Waals surface area contributed by atoms with Crippen LogP contribution in [0.2, 0.25) is 0 Å². The lowest BCUT2D eigenvalue weighted by molar-refractivity contribution is -0.136. The Hall–Kier alpha value is -5.50. The van der Waals surface area contributed by atoms with Crippen LogP contribution in [-0.2, 0) is 35.3 Å². The van der Waals surface area contributed by atoms with Crippen LogP contribution in [0.4, 0.5) is 8.78 Å². The van der Waals surface area contributed by atoms with E-state index in [1.54, 1.807) is 24.4 Å². The summed E-state index contributed by atoms with van der Waals surface area (Å²) in [5.41, 5.74) is 8.09. The first-order chi connectivity index (χ1) is 28.0. The van der Waals surface area contributed by atoms with E-state index >= 15 is 0 Å². The Morgan fingerprint density at radius 2 is 1.33 bits per heavy atom. The van der Waals surface area contributed by atoms with Crippen LogP contribution in [-0.4, -0.2) is 64.2 Å². The molecule has 2 saturated carbocycles. The molecular weight excluding hydrogens is 808 g/mol. The average Bonchev–Trinajstić information content (AvgIpc) is 3.58. The molecule has 2 aliphatic heterocycles. The molecule has 11 rings (SSSR count). The van der Waals surface area contributed by atoms with Crippen LogP contribution in [0.25, 0.3) is 34.2 Å². The molecule has 6 aliphatic rings. The van der Waals surface area contributed by atoms with Gasteiger partial charge in [0.05, 0.1) is 28.2 Å². The number of alkyl halides is 1. The number of carbonyl (C=O) groups is 4. The van der Waals surface area contributed by atoms with Crippen molar-refractivity contribution in [3.8, 4) is 34.2 Å². The lowest BCUT2D eigenvalue weighted by Gasteiger charge is -2.45. The van der Waals surface area contributed by atoms with E-state index in [0.29, 0.717) is 34.9 Å². The molecule has 296 valence electrons. The number of nitrogens with one attached hydrogen (secondary N) is 3. The van der Waals surface area contributed by atoms with Gasteiger partial charge in [0.15, 0.2) is 17.4 Å². The minimum absolute atomic E-state index is 0.0266. The molecule has 1 unspecified atom stereocenters. The molecule has 2 spiro atoms. The molecule has 5 aromatic rings.